The van der Waals surface area contributed by atoms with Crippen molar-refractivity contribution in [3.8, 4) is 0 Å². The molecule has 1 heterocycles. The lowest BCUT2D eigenvalue weighted by molar-refractivity contribution is 0.103. The van der Waals surface area contributed by atoms with Crippen LogP contribution in [-0.2, 0) is 23.5 Å². The van der Waals surface area contributed by atoms with Gasteiger partial charge in [-0.1, -0.05) is 40.2 Å². The fourth-order valence-electron chi connectivity index (χ4n) is 2.86. The Morgan fingerprint density at radius 3 is 2.33 bits per heavy atom. The average Bonchev–Trinajstić information content (AvgIpc) is 2.96. The van der Waals surface area contributed by atoms with Crippen LogP contribution in [0.5, 0.6) is 0 Å². The molecule has 0 aliphatic heterocycles. The van der Waals surface area contributed by atoms with Gasteiger partial charge in [0.1, 0.15) is 0 Å². The molecule has 0 saturated carbocycles. The highest BCUT2D eigenvalue weighted by Gasteiger charge is 2.17. The summed E-state index contributed by atoms with van der Waals surface area (Å²) in [6.45, 7) is 0. The zero-order chi connectivity index (χ0) is 19.6. The highest BCUT2D eigenvalue weighted by Crippen LogP contribution is 2.22. The van der Waals surface area contributed by atoms with Gasteiger partial charge in [0.15, 0.2) is 0 Å². The molecule has 2 aromatic carbocycles. The summed E-state index contributed by atoms with van der Waals surface area (Å²) in [5.41, 5.74) is 3.79. The van der Waals surface area contributed by atoms with Crippen LogP contribution in [0.4, 0.5) is 5.69 Å². The number of hydrogen-bond donors (Lipinski definition) is 1. The molecule has 7 heteroatoms. The van der Waals surface area contributed by atoms with Crippen LogP contribution < -0.4 is 4.72 Å². The summed E-state index contributed by atoms with van der Waals surface area (Å²) in [4.78, 5) is 12.8. The Morgan fingerprint density at radius 1 is 1.04 bits per heavy atom. The number of nitrogens with zero attached hydrogens (tertiary/aromatic N) is 1. The van der Waals surface area contributed by atoms with E-state index in [0.29, 0.717) is 23.4 Å². The molecule has 5 nitrogen and oxygen atoms in total. The third-order valence-corrected chi connectivity index (χ3v) is 5.52. The Bertz CT molecular complexity index is 1090. The quantitative estimate of drug-likeness (QED) is 0.582. The van der Waals surface area contributed by atoms with Gasteiger partial charge in [-0.3, -0.25) is 9.52 Å². The standard InChI is InChI=1S/C20H19BrN2O3S/c1-23-16(13-14-7-9-15(10-8-14)22-27(2,25)26)11-12-19(23)20(24)17-5-3-4-6-18(17)21/h3-12,22H,13H2,1-2H3. The summed E-state index contributed by atoms with van der Waals surface area (Å²) in [5, 5.41) is 0. The molecule has 1 N–H and O–H groups in total. The molecule has 0 spiro atoms. The first kappa shape index (κ1) is 19.4. The molecular weight excluding hydrogens is 428 g/mol. The van der Waals surface area contributed by atoms with Crippen molar-refractivity contribution in [1.29, 1.82) is 0 Å². The number of nitrogens with one attached hydrogen (secondary N) is 1. The van der Waals surface area contributed by atoms with E-state index in [0.717, 1.165) is 22.0 Å². The summed E-state index contributed by atoms with van der Waals surface area (Å²) in [6.07, 6.45) is 1.76. The molecule has 140 valence electrons. The van der Waals surface area contributed by atoms with Crippen molar-refractivity contribution in [2.75, 3.05) is 11.0 Å². The average molecular weight is 447 g/mol. The number of anilines is 1. The highest BCUT2D eigenvalue weighted by molar-refractivity contribution is 9.10. The molecule has 1 aromatic heterocycles. The van der Waals surface area contributed by atoms with Crippen molar-refractivity contribution in [1.82, 2.24) is 4.57 Å². The molecule has 3 aromatic rings. The van der Waals surface area contributed by atoms with Gasteiger partial charge in [-0.05, 0) is 42.0 Å². The van der Waals surface area contributed by atoms with Gasteiger partial charge in [-0.15, -0.1) is 0 Å². The second-order valence-electron chi connectivity index (χ2n) is 6.33. The number of carbonyl (C=O) groups is 1. The van der Waals surface area contributed by atoms with Crippen LogP contribution in [0.1, 0.15) is 27.3 Å². The van der Waals surface area contributed by atoms with Crippen molar-refractivity contribution in [2.24, 2.45) is 7.05 Å². The number of hydrogen-bond acceptors (Lipinski definition) is 3. The van der Waals surface area contributed by atoms with Gasteiger partial charge in [-0.2, -0.15) is 0 Å². The summed E-state index contributed by atoms with van der Waals surface area (Å²) in [7, 11) is -1.41. The van der Waals surface area contributed by atoms with Gasteiger partial charge in [0.25, 0.3) is 0 Å². The third kappa shape index (κ3) is 4.67. The molecule has 0 saturated heterocycles. The van der Waals surface area contributed by atoms with Crippen LogP contribution in [0.3, 0.4) is 0 Å². The second kappa shape index (κ2) is 7.70. The Labute approximate surface area is 167 Å². The van der Waals surface area contributed by atoms with Crippen molar-refractivity contribution in [3.05, 3.63) is 87.7 Å². The molecule has 0 fully saturated rings. The summed E-state index contributed by atoms with van der Waals surface area (Å²) < 4.78 is 27.7. The smallest absolute Gasteiger partial charge is 0.229 e. The number of carbonyl (C=O) groups excluding carboxylic acids is 1. The Balaban J connectivity index is 1.80. The van der Waals surface area contributed by atoms with Crippen LogP contribution in [0, 0.1) is 0 Å². The van der Waals surface area contributed by atoms with E-state index in [9.17, 15) is 13.2 Å². The van der Waals surface area contributed by atoms with E-state index >= 15 is 0 Å². The van der Waals surface area contributed by atoms with E-state index < -0.39 is 10.0 Å². The topological polar surface area (TPSA) is 68.2 Å². The van der Waals surface area contributed by atoms with E-state index in [2.05, 4.69) is 20.7 Å². The van der Waals surface area contributed by atoms with Crippen LogP contribution in [0.25, 0.3) is 0 Å². The lowest BCUT2D eigenvalue weighted by Gasteiger charge is -2.09. The predicted octanol–water partition coefficient (Wildman–Crippen LogP) is 3.98. The van der Waals surface area contributed by atoms with Gasteiger partial charge >= 0.3 is 0 Å². The minimum atomic E-state index is -3.29. The van der Waals surface area contributed by atoms with Gasteiger partial charge in [-0.25, -0.2) is 8.42 Å². The first-order chi connectivity index (χ1) is 12.7. The maximum atomic E-state index is 12.8. The van der Waals surface area contributed by atoms with E-state index in [1.165, 1.54) is 0 Å². The number of ketones is 1. The number of halogens is 1. The van der Waals surface area contributed by atoms with Crippen molar-refractivity contribution < 1.29 is 13.2 Å². The summed E-state index contributed by atoms with van der Waals surface area (Å²) >= 11 is 3.43. The first-order valence-corrected chi connectivity index (χ1v) is 10.9. The summed E-state index contributed by atoms with van der Waals surface area (Å²) in [5.74, 6) is -0.0380. The lowest BCUT2D eigenvalue weighted by Crippen LogP contribution is -2.10. The maximum Gasteiger partial charge on any atom is 0.229 e. The Kier molecular flexibility index (Phi) is 5.53. The molecule has 3 rings (SSSR count). The van der Waals surface area contributed by atoms with Crippen molar-refractivity contribution in [3.63, 3.8) is 0 Å². The van der Waals surface area contributed by atoms with Crippen LogP contribution in [-0.4, -0.2) is 25.0 Å². The number of aromatic nitrogens is 1. The minimum Gasteiger partial charge on any atom is -0.345 e. The van der Waals surface area contributed by atoms with Gasteiger partial charge in [0, 0.05) is 34.9 Å². The normalized spacial score (nSPS) is 11.4. The van der Waals surface area contributed by atoms with E-state index in [1.54, 1.807) is 18.2 Å². The predicted molar refractivity (Wildman–Crippen MR) is 111 cm³/mol. The maximum absolute atomic E-state index is 12.8. The monoisotopic (exact) mass is 446 g/mol. The number of benzene rings is 2. The van der Waals surface area contributed by atoms with Crippen LogP contribution in [0.2, 0.25) is 0 Å². The molecule has 0 aliphatic rings. The highest BCUT2D eigenvalue weighted by atomic mass is 79.9. The molecule has 0 amide bonds. The SMILES string of the molecule is Cn1c(Cc2ccc(NS(C)(=O)=O)cc2)ccc1C(=O)c1ccccc1Br. The lowest BCUT2D eigenvalue weighted by atomic mass is 10.1. The van der Waals surface area contributed by atoms with E-state index in [1.807, 2.05) is 54.1 Å². The zero-order valence-electron chi connectivity index (χ0n) is 14.9. The molecule has 0 bridgehead atoms. The van der Waals surface area contributed by atoms with Crippen LogP contribution >= 0.6 is 15.9 Å². The van der Waals surface area contributed by atoms with Crippen molar-refractivity contribution in [2.45, 2.75) is 6.42 Å². The fourth-order valence-corrected chi connectivity index (χ4v) is 3.89. The molecule has 0 radical (unpaired) electrons. The Hall–Kier alpha value is -2.38. The molecular formula is C20H19BrN2O3S. The van der Waals surface area contributed by atoms with E-state index in [-0.39, 0.29) is 5.78 Å². The summed E-state index contributed by atoms with van der Waals surface area (Å²) in [6, 6.07) is 18.3. The largest absolute Gasteiger partial charge is 0.345 e. The molecule has 0 unspecified atom stereocenters. The number of sulfonamides is 1. The minimum absolute atomic E-state index is 0.0380. The van der Waals surface area contributed by atoms with Gasteiger partial charge in [0.05, 0.1) is 11.9 Å². The van der Waals surface area contributed by atoms with Gasteiger partial charge in [0.2, 0.25) is 15.8 Å². The second-order valence-corrected chi connectivity index (χ2v) is 8.93. The Morgan fingerprint density at radius 2 is 1.70 bits per heavy atom. The van der Waals surface area contributed by atoms with Crippen LogP contribution in [0.15, 0.2) is 65.1 Å². The molecule has 27 heavy (non-hydrogen) atoms. The third-order valence-electron chi connectivity index (χ3n) is 4.22. The first-order valence-electron chi connectivity index (χ1n) is 8.25. The molecule has 0 aliphatic carbocycles. The van der Waals surface area contributed by atoms with E-state index in [4.69, 9.17) is 0 Å². The van der Waals surface area contributed by atoms with Crippen molar-refractivity contribution >= 4 is 37.4 Å². The molecule has 0 atom stereocenters. The number of rotatable bonds is 6. The fraction of sp³-hybridized carbons (Fsp3) is 0.150. The van der Waals surface area contributed by atoms with Gasteiger partial charge < -0.3 is 4.57 Å². The zero-order valence-corrected chi connectivity index (χ0v) is 17.3.